The van der Waals surface area contributed by atoms with Gasteiger partial charge in [-0.2, -0.15) is 0 Å². The normalized spacial score (nSPS) is 32.5. The van der Waals surface area contributed by atoms with E-state index >= 15 is 0 Å². The molecule has 18 heavy (non-hydrogen) atoms. The molecular weight excluding hydrogens is 238 g/mol. The van der Waals surface area contributed by atoms with Crippen molar-refractivity contribution in [1.29, 1.82) is 0 Å². The highest BCUT2D eigenvalue weighted by molar-refractivity contribution is 8.00. The molecule has 1 fully saturated rings. The first kappa shape index (κ1) is 14.0. The zero-order valence-corrected chi connectivity index (χ0v) is 12.8. The van der Waals surface area contributed by atoms with E-state index in [0.29, 0.717) is 17.2 Å². The molecule has 0 aromatic heterocycles. The van der Waals surface area contributed by atoms with Crippen molar-refractivity contribution < 1.29 is 0 Å². The Balaban J connectivity index is 2.15. The molecule has 0 spiro atoms. The second-order valence-electron chi connectivity index (χ2n) is 6.07. The van der Waals surface area contributed by atoms with Gasteiger partial charge in [0, 0.05) is 16.2 Å². The number of hydrogen-bond donors (Lipinski definition) is 1. The summed E-state index contributed by atoms with van der Waals surface area (Å²) >= 11 is 2.00. The van der Waals surface area contributed by atoms with E-state index in [1.807, 2.05) is 11.8 Å². The fraction of sp³-hybridized carbons (Fsp3) is 0.625. The van der Waals surface area contributed by atoms with Crippen molar-refractivity contribution in [2.45, 2.75) is 56.7 Å². The number of hydrogen-bond acceptors (Lipinski definition) is 2. The van der Waals surface area contributed by atoms with Crippen LogP contribution in [0.15, 0.2) is 23.1 Å². The summed E-state index contributed by atoms with van der Waals surface area (Å²) < 4.78 is 0. The Hall–Kier alpha value is -0.470. The minimum atomic E-state index is 0.341. The van der Waals surface area contributed by atoms with Gasteiger partial charge in [-0.25, -0.2) is 0 Å². The van der Waals surface area contributed by atoms with Crippen LogP contribution in [0.3, 0.4) is 0 Å². The maximum atomic E-state index is 6.37. The molecule has 4 atom stereocenters. The number of rotatable bonds is 2. The average Bonchev–Trinajstić information content (AvgIpc) is 2.28. The van der Waals surface area contributed by atoms with Crippen molar-refractivity contribution in [3.8, 4) is 0 Å². The molecule has 0 radical (unpaired) electrons. The van der Waals surface area contributed by atoms with E-state index in [1.54, 1.807) is 0 Å². The number of thioether (sulfide) groups is 1. The summed E-state index contributed by atoms with van der Waals surface area (Å²) in [5, 5.41) is 0.571. The Bertz CT molecular complexity index is 404. The number of aryl methyl sites for hydroxylation is 2. The lowest BCUT2D eigenvalue weighted by atomic mass is 9.80. The summed E-state index contributed by atoms with van der Waals surface area (Å²) in [6, 6.07) is 7.05. The van der Waals surface area contributed by atoms with Crippen LogP contribution < -0.4 is 5.73 Å². The van der Waals surface area contributed by atoms with Crippen molar-refractivity contribution in [3.63, 3.8) is 0 Å². The SMILES string of the molecule is Cc1ccc(C)c(SC2C(C)CC(C)CC2N)c1. The summed E-state index contributed by atoms with van der Waals surface area (Å²) in [5.74, 6) is 1.50. The Kier molecular flexibility index (Phi) is 4.39. The second-order valence-corrected chi connectivity index (χ2v) is 7.29. The van der Waals surface area contributed by atoms with Crippen molar-refractivity contribution in [2.75, 3.05) is 0 Å². The maximum Gasteiger partial charge on any atom is 0.0272 e. The molecule has 4 unspecified atom stereocenters. The van der Waals surface area contributed by atoms with Crippen LogP contribution in [0.1, 0.15) is 37.8 Å². The van der Waals surface area contributed by atoms with E-state index in [1.165, 1.54) is 28.9 Å². The summed E-state index contributed by atoms with van der Waals surface area (Å²) in [6.07, 6.45) is 2.49. The molecule has 2 heteroatoms. The third-order valence-electron chi connectivity index (χ3n) is 4.04. The molecule has 0 amide bonds. The van der Waals surface area contributed by atoms with E-state index < -0.39 is 0 Å². The molecule has 0 saturated heterocycles. The van der Waals surface area contributed by atoms with Crippen LogP contribution in [0.2, 0.25) is 0 Å². The molecular formula is C16H25NS. The lowest BCUT2D eigenvalue weighted by Gasteiger charge is -2.37. The van der Waals surface area contributed by atoms with Crippen LogP contribution in [-0.2, 0) is 0 Å². The summed E-state index contributed by atoms with van der Waals surface area (Å²) in [5.41, 5.74) is 9.09. The van der Waals surface area contributed by atoms with Gasteiger partial charge in [0.05, 0.1) is 0 Å². The topological polar surface area (TPSA) is 26.0 Å². The molecule has 1 aliphatic carbocycles. The van der Waals surface area contributed by atoms with E-state index in [9.17, 15) is 0 Å². The first-order chi connectivity index (χ1) is 8.47. The molecule has 2 N–H and O–H groups in total. The van der Waals surface area contributed by atoms with E-state index in [0.717, 1.165) is 5.92 Å². The van der Waals surface area contributed by atoms with Crippen LogP contribution >= 0.6 is 11.8 Å². The minimum absolute atomic E-state index is 0.341. The standard InChI is InChI=1S/C16H25NS/c1-10-5-6-12(3)15(9-10)18-16-13(4)7-11(2)8-14(16)17/h5-6,9,11,13-14,16H,7-8,17H2,1-4H3. The van der Waals surface area contributed by atoms with Gasteiger partial charge in [-0.3, -0.25) is 0 Å². The molecule has 1 aromatic rings. The first-order valence-corrected chi connectivity index (χ1v) is 7.85. The van der Waals surface area contributed by atoms with Gasteiger partial charge >= 0.3 is 0 Å². The molecule has 0 aliphatic heterocycles. The van der Waals surface area contributed by atoms with Crippen molar-refractivity contribution in [3.05, 3.63) is 29.3 Å². The molecule has 0 bridgehead atoms. The van der Waals surface area contributed by atoms with Gasteiger partial charge in [0.25, 0.3) is 0 Å². The molecule has 1 saturated carbocycles. The number of benzene rings is 1. The van der Waals surface area contributed by atoms with Crippen molar-refractivity contribution in [1.82, 2.24) is 0 Å². The lowest BCUT2D eigenvalue weighted by molar-refractivity contribution is 0.279. The maximum absolute atomic E-state index is 6.37. The Labute approximate surface area is 116 Å². The van der Waals surface area contributed by atoms with Crippen LogP contribution in [0.5, 0.6) is 0 Å². The van der Waals surface area contributed by atoms with Gasteiger partial charge in [0.1, 0.15) is 0 Å². The zero-order chi connectivity index (χ0) is 13.3. The van der Waals surface area contributed by atoms with Crippen LogP contribution in [0, 0.1) is 25.7 Å². The highest BCUT2D eigenvalue weighted by Crippen LogP contribution is 2.40. The van der Waals surface area contributed by atoms with Gasteiger partial charge in [-0.1, -0.05) is 31.5 Å². The average molecular weight is 263 g/mol. The predicted octanol–water partition coefficient (Wildman–Crippen LogP) is 4.16. The van der Waals surface area contributed by atoms with Gasteiger partial charge in [0.2, 0.25) is 0 Å². The predicted molar refractivity (Wildman–Crippen MR) is 81.1 cm³/mol. The lowest BCUT2D eigenvalue weighted by Crippen LogP contribution is -2.42. The molecule has 1 nitrogen and oxygen atoms in total. The van der Waals surface area contributed by atoms with E-state index in [2.05, 4.69) is 45.9 Å². The fourth-order valence-electron chi connectivity index (χ4n) is 3.07. The summed E-state index contributed by atoms with van der Waals surface area (Å²) in [7, 11) is 0. The van der Waals surface area contributed by atoms with Gasteiger partial charge < -0.3 is 5.73 Å². The summed E-state index contributed by atoms with van der Waals surface area (Å²) in [6.45, 7) is 9.05. The molecule has 1 aromatic carbocycles. The largest absolute Gasteiger partial charge is 0.327 e. The highest BCUT2D eigenvalue weighted by atomic mass is 32.2. The zero-order valence-electron chi connectivity index (χ0n) is 11.9. The first-order valence-electron chi connectivity index (χ1n) is 6.97. The quantitative estimate of drug-likeness (QED) is 0.867. The molecule has 100 valence electrons. The summed E-state index contributed by atoms with van der Waals surface area (Å²) in [4.78, 5) is 1.41. The number of nitrogens with two attached hydrogens (primary N) is 1. The fourth-order valence-corrected chi connectivity index (χ4v) is 4.50. The van der Waals surface area contributed by atoms with Crippen molar-refractivity contribution >= 4 is 11.8 Å². The van der Waals surface area contributed by atoms with E-state index in [4.69, 9.17) is 5.73 Å². The third-order valence-corrected chi connectivity index (χ3v) is 5.82. The molecule has 1 aliphatic rings. The van der Waals surface area contributed by atoms with E-state index in [-0.39, 0.29) is 0 Å². The van der Waals surface area contributed by atoms with Crippen molar-refractivity contribution in [2.24, 2.45) is 17.6 Å². The highest BCUT2D eigenvalue weighted by Gasteiger charge is 2.32. The Morgan fingerprint density at radius 3 is 2.56 bits per heavy atom. The Morgan fingerprint density at radius 2 is 1.89 bits per heavy atom. The van der Waals surface area contributed by atoms with Crippen LogP contribution in [0.25, 0.3) is 0 Å². The van der Waals surface area contributed by atoms with Crippen LogP contribution in [-0.4, -0.2) is 11.3 Å². The van der Waals surface area contributed by atoms with Gasteiger partial charge in [-0.15, -0.1) is 11.8 Å². The smallest absolute Gasteiger partial charge is 0.0272 e. The minimum Gasteiger partial charge on any atom is -0.327 e. The second kappa shape index (κ2) is 5.66. The molecule has 0 heterocycles. The van der Waals surface area contributed by atoms with Crippen LogP contribution in [0.4, 0.5) is 0 Å². The third kappa shape index (κ3) is 3.10. The van der Waals surface area contributed by atoms with Gasteiger partial charge in [-0.05, 0) is 50.2 Å². The monoisotopic (exact) mass is 263 g/mol. The Morgan fingerprint density at radius 1 is 1.17 bits per heavy atom. The molecule has 2 rings (SSSR count). The van der Waals surface area contributed by atoms with Gasteiger partial charge in [0.15, 0.2) is 0 Å².